The van der Waals surface area contributed by atoms with Crippen LogP contribution in [-0.4, -0.2) is 12.0 Å². The first-order valence-electron chi connectivity index (χ1n) is 6.04. The topological polar surface area (TPSA) is 50.9 Å². The molecule has 0 amide bonds. The molecule has 2 aromatic rings. The Morgan fingerprint density at radius 3 is 2.75 bits per heavy atom. The standard InChI is InChI=1S/C14H14BrF2N3/c1-19-11(6-8-4-5-20-12(18)7-8)9-2-3-10(16)14(17)13(9)15/h2-5,7,11,19H,6H2,1H3,(H2,18,20). The molecule has 1 atom stereocenters. The normalized spacial score (nSPS) is 12.4. The molecule has 1 heterocycles. The average Bonchev–Trinajstić information content (AvgIpc) is 2.43. The number of nitrogen functional groups attached to an aromatic ring is 1. The number of nitrogens with one attached hydrogen (secondary N) is 1. The van der Waals surface area contributed by atoms with Crippen LogP contribution in [0.25, 0.3) is 0 Å². The molecule has 0 saturated carbocycles. The molecule has 0 aliphatic heterocycles. The minimum Gasteiger partial charge on any atom is -0.384 e. The van der Waals surface area contributed by atoms with Gasteiger partial charge >= 0.3 is 0 Å². The van der Waals surface area contributed by atoms with Crippen LogP contribution in [0.15, 0.2) is 34.9 Å². The van der Waals surface area contributed by atoms with Crippen LogP contribution >= 0.6 is 15.9 Å². The lowest BCUT2D eigenvalue weighted by Gasteiger charge is -2.19. The highest BCUT2D eigenvalue weighted by Gasteiger charge is 2.18. The summed E-state index contributed by atoms with van der Waals surface area (Å²) in [6, 6.07) is 6.13. The van der Waals surface area contributed by atoms with E-state index in [0.717, 1.165) is 11.6 Å². The molecule has 20 heavy (non-hydrogen) atoms. The van der Waals surface area contributed by atoms with Gasteiger partial charge in [-0.3, -0.25) is 0 Å². The summed E-state index contributed by atoms with van der Waals surface area (Å²) in [4.78, 5) is 3.93. The van der Waals surface area contributed by atoms with Crippen LogP contribution in [0.3, 0.4) is 0 Å². The molecule has 1 unspecified atom stereocenters. The van der Waals surface area contributed by atoms with Gasteiger partial charge in [-0.15, -0.1) is 0 Å². The van der Waals surface area contributed by atoms with Crippen molar-refractivity contribution in [3.05, 3.63) is 57.7 Å². The summed E-state index contributed by atoms with van der Waals surface area (Å²) in [7, 11) is 1.77. The Hall–Kier alpha value is -1.53. The second-order valence-corrected chi connectivity index (χ2v) is 5.19. The molecule has 0 aliphatic rings. The Kier molecular flexibility index (Phi) is 4.67. The first kappa shape index (κ1) is 14.9. The summed E-state index contributed by atoms with van der Waals surface area (Å²) >= 11 is 3.11. The van der Waals surface area contributed by atoms with Crippen LogP contribution in [0.5, 0.6) is 0 Å². The fourth-order valence-electron chi connectivity index (χ4n) is 2.03. The zero-order chi connectivity index (χ0) is 14.7. The van der Waals surface area contributed by atoms with Crippen molar-refractivity contribution >= 4 is 21.7 Å². The summed E-state index contributed by atoms with van der Waals surface area (Å²) in [5.74, 6) is -1.32. The zero-order valence-electron chi connectivity index (χ0n) is 10.8. The quantitative estimate of drug-likeness (QED) is 0.839. The van der Waals surface area contributed by atoms with Gasteiger partial charge in [-0.2, -0.15) is 0 Å². The molecular formula is C14H14BrF2N3. The van der Waals surface area contributed by atoms with Gasteiger partial charge in [0.05, 0.1) is 4.47 Å². The highest BCUT2D eigenvalue weighted by Crippen LogP contribution is 2.29. The lowest BCUT2D eigenvalue weighted by Crippen LogP contribution is -2.20. The van der Waals surface area contributed by atoms with E-state index in [-0.39, 0.29) is 10.5 Å². The van der Waals surface area contributed by atoms with Gasteiger partial charge in [-0.05, 0) is 58.7 Å². The number of nitrogens with two attached hydrogens (primary N) is 1. The Labute approximate surface area is 124 Å². The lowest BCUT2D eigenvalue weighted by atomic mass is 9.99. The smallest absolute Gasteiger partial charge is 0.173 e. The molecule has 6 heteroatoms. The van der Waals surface area contributed by atoms with Crippen molar-refractivity contribution in [2.24, 2.45) is 0 Å². The van der Waals surface area contributed by atoms with Crippen LogP contribution in [0.2, 0.25) is 0 Å². The summed E-state index contributed by atoms with van der Waals surface area (Å²) in [5.41, 5.74) is 7.26. The molecule has 1 aromatic heterocycles. The number of hydrogen-bond donors (Lipinski definition) is 2. The van der Waals surface area contributed by atoms with Crippen molar-refractivity contribution in [3.63, 3.8) is 0 Å². The summed E-state index contributed by atoms with van der Waals surface area (Å²) in [5, 5.41) is 3.09. The first-order valence-corrected chi connectivity index (χ1v) is 6.83. The number of likely N-dealkylation sites (N-methyl/N-ethyl adjacent to an activating group) is 1. The molecule has 0 radical (unpaired) electrons. The predicted molar refractivity (Wildman–Crippen MR) is 78.2 cm³/mol. The maximum Gasteiger partial charge on any atom is 0.173 e. The van der Waals surface area contributed by atoms with E-state index in [4.69, 9.17) is 5.73 Å². The number of hydrogen-bond acceptors (Lipinski definition) is 3. The second-order valence-electron chi connectivity index (χ2n) is 4.40. The van der Waals surface area contributed by atoms with Gasteiger partial charge in [0.15, 0.2) is 11.6 Å². The van der Waals surface area contributed by atoms with Gasteiger partial charge in [0.2, 0.25) is 0 Å². The van der Waals surface area contributed by atoms with Crippen molar-refractivity contribution in [1.82, 2.24) is 10.3 Å². The lowest BCUT2D eigenvalue weighted by molar-refractivity contribution is 0.495. The van der Waals surface area contributed by atoms with Gasteiger partial charge in [-0.1, -0.05) is 6.07 Å². The van der Waals surface area contributed by atoms with E-state index in [0.29, 0.717) is 17.8 Å². The van der Waals surface area contributed by atoms with Gasteiger partial charge in [-0.25, -0.2) is 13.8 Å². The van der Waals surface area contributed by atoms with Crippen LogP contribution in [0, 0.1) is 11.6 Å². The predicted octanol–water partition coefficient (Wildman–Crippen LogP) is 3.21. The van der Waals surface area contributed by atoms with E-state index in [2.05, 4.69) is 26.2 Å². The fraction of sp³-hybridized carbons (Fsp3) is 0.214. The highest BCUT2D eigenvalue weighted by molar-refractivity contribution is 9.10. The van der Waals surface area contributed by atoms with E-state index in [1.54, 1.807) is 25.4 Å². The van der Waals surface area contributed by atoms with E-state index in [9.17, 15) is 8.78 Å². The highest BCUT2D eigenvalue weighted by atomic mass is 79.9. The molecule has 3 N–H and O–H groups in total. The first-order chi connectivity index (χ1) is 9.52. The molecule has 0 fully saturated rings. The number of rotatable bonds is 4. The molecule has 1 aromatic carbocycles. The molecule has 3 nitrogen and oxygen atoms in total. The van der Waals surface area contributed by atoms with Crippen molar-refractivity contribution in [2.75, 3.05) is 12.8 Å². The third kappa shape index (κ3) is 3.13. The van der Waals surface area contributed by atoms with Crippen molar-refractivity contribution < 1.29 is 8.78 Å². The van der Waals surface area contributed by atoms with Gasteiger partial charge in [0.1, 0.15) is 5.82 Å². The van der Waals surface area contributed by atoms with Crippen molar-refractivity contribution in [3.8, 4) is 0 Å². The van der Waals surface area contributed by atoms with Crippen molar-refractivity contribution in [1.29, 1.82) is 0 Å². The summed E-state index contributed by atoms with van der Waals surface area (Å²) in [6.45, 7) is 0. The molecular weight excluding hydrogens is 328 g/mol. The number of pyridine rings is 1. The number of anilines is 1. The monoisotopic (exact) mass is 341 g/mol. The second kappa shape index (κ2) is 6.28. The van der Waals surface area contributed by atoms with Crippen molar-refractivity contribution in [2.45, 2.75) is 12.5 Å². The molecule has 0 spiro atoms. The summed E-state index contributed by atoms with van der Waals surface area (Å²) in [6.07, 6.45) is 2.21. The van der Waals surface area contributed by atoms with E-state index < -0.39 is 11.6 Å². The minimum absolute atomic E-state index is 0.138. The van der Waals surface area contributed by atoms with Crippen LogP contribution in [-0.2, 0) is 6.42 Å². The van der Waals surface area contributed by atoms with E-state index in [1.807, 2.05) is 6.07 Å². The largest absolute Gasteiger partial charge is 0.384 e. The molecule has 0 aliphatic carbocycles. The Bertz CT molecular complexity index is 619. The Balaban J connectivity index is 2.31. The van der Waals surface area contributed by atoms with Crippen LogP contribution in [0.4, 0.5) is 14.6 Å². The third-order valence-electron chi connectivity index (χ3n) is 3.07. The van der Waals surface area contributed by atoms with E-state index in [1.165, 1.54) is 0 Å². The molecule has 0 bridgehead atoms. The Morgan fingerprint density at radius 1 is 1.35 bits per heavy atom. The van der Waals surface area contributed by atoms with Gasteiger partial charge in [0.25, 0.3) is 0 Å². The number of nitrogens with zero attached hydrogens (tertiary/aromatic N) is 1. The fourth-order valence-corrected chi connectivity index (χ4v) is 2.63. The minimum atomic E-state index is -0.878. The van der Waals surface area contributed by atoms with E-state index >= 15 is 0 Å². The Morgan fingerprint density at radius 2 is 2.10 bits per heavy atom. The number of benzene rings is 1. The summed E-state index contributed by atoms with van der Waals surface area (Å²) < 4.78 is 26.9. The number of aromatic nitrogens is 1. The molecule has 0 saturated heterocycles. The maximum absolute atomic E-state index is 13.6. The third-order valence-corrected chi connectivity index (χ3v) is 3.88. The molecule has 106 valence electrons. The van der Waals surface area contributed by atoms with Crippen LogP contribution < -0.4 is 11.1 Å². The zero-order valence-corrected chi connectivity index (χ0v) is 12.4. The van der Waals surface area contributed by atoms with Crippen LogP contribution in [0.1, 0.15) is 17.2 Å². The molecule has 2 rings (SSSR count). The number of halogens is 3. The SMILES string of the molecule is CNC(Cc1ccnc(N)c1)c1ccc(F)c(F)c1Br. The maximum atomic E-state index is 13.6. The van der Waals surface area contributed by atoms with Gasteiger partial charge < -0.3 is 11.1 Å². The average molecular weight is 342 g/mol. The van der Waals surface area contributed by atoms with Gasteiger partial charge in [0, 0.05) is 12.2 Å².